The van der Waals surface area contributed by atoms with E-state index in [-0.39, 0.29) is 11.9 Å². The lowest BCUT2D eigenvalue weighted by atomic mass is 10.1. The van der Waals surface area contributed by atoms with Crippen LogP contribution in [0.25, 0.3) is 0 Å². The molecule has 1 aromatic carbocycles. The van der Waals surface area contributed by atoms with Gasteiger partial charge in [-0.2, -0.15) is 11.3 Å². The van der Waals surface area contributed by atoms with Crippen LogP contribution in [0.4, 0.5) is 0 Å². The highest BCUT2D eigenvalue weighted by molar-refractivity contribution is 7.08. The first-order valence-electron chi connectivity index (χ1n) is 7.51. The van der Waals surface area contributed by atoms with Gasteiger partial charge in [-0.1, -0.05) is 30.3 Å². The second kappa shape index (κ2) is 7.54. The maximum absolute atomic E-state index is 12.4. The number of benzene rings is 1. The maximum atomic E-state index is 12.4. The largest absolute Gasteiger partial charge is 0.379 e. The van der Waals surface area contributed by atoms with Crippen molar-refractivity contribution in [2.24, 2.45) is 0 Å². The van der Waals surface area contributed by atoms with Crippen molar-refractivity contribution >= 4 is 17.2 Å². The summed E-state index contributed by atoms with van der Waals surface area (Å²) in [4.78, 5) is 14.7. The first kappa shape index (κ1) is 15.2. The lowest BCUT2D eigenvalue weighted by Gasteiger charge is -2.31. The van der Waals surface area contributed by atoms with Crippen LogP contribution in [0, 0.1) is 0 Å². The van der Waals surface area contributed by atoms with Crippen LogP contribution < -0.4 is 5.32 Å². The molecule has 1 saturated heterocycles. The molecule has 1 aromatic heterocycles. The van der Waals surface area contributed by atoms with Gasteiger partial charge in [0.05, 0.1) is 24.8 Å². The number of carbonyl (C=O) groups is 1. The van der Waals surface area contributed by atoms with Crippen molar-refractivity contribution in [3.8, 4) is 0 Å². The minimum Gasteiger partial charge on any atom is -0.379 e. The van der Waals surface area contributed by atoms with Crippen LogP contribution in [0.5, 0.6) is 0 Å². The van der Waals surface area contributed by atoms with Crippen LogP contribution in [0.1, 0.15) is 22.0 Å². The Bertz CT molecular complexity index is 580. The molecule has 1 aliphatic rings. The standard InChI is InChI=1S/C17H20N2O2S/c20-17(15-6-11-22-13-15)18-16(14-4-2-1-3-5-14)12-19-7-9-21-10-8-19/h1-6,11,13,16H,7-10,12H2,(H,18,20)/t16-/m1/s1. The van der Waals surface area contributed by atoms with Gasteiger partial charge in [-0.15, -0.1) is 0 Å². The summed E-state index contributed by atoms with van der Waals surface area (Å²) >= 11 is 1.54. The number of hydrogen-bond donors (Lipinski definition) is 1. The van der Waals surface area contributed by atoms with E-state index < -0.39 is 0 Å². The second-order valence-corrected chi connectivity index (χ2v) is 6.14. The molecule has 5 heteroatoms. The van der Waals surface area contributed by atoms with Gasteiger partial charge in [0.1, 0.15) is 0 Å². The lowest BCUT2D eigenvalue weighted by Crippen LogP contribution is -2.43. The van der Waals surface area contributed by atoms with Gasteiger partial charge in [0.15, 0.2) is 0 Å². The van der Waals surface area contributed by atoms with Gasteiger partial charge in [-0.05, 0) is 17.0 Å². The highest BCUT2D eigenvalue weighted by Gasteiger charge is 2.20. The van der Waals surface area contributed by atoms with Gasteiger partial charge in [0.2, 0.25) is 0 Å². The van der Waals surface area contributed by atoms with E-state index in [9.17, 15) is 4.79 Å². The molecule has 116 valence electrons. The van der Waals surface area contributed by atoms with Crippen molar-refractivity contribution in [3.63, 3.8) is 0 Å². The van der Waals surface area contributed by atoms with E-state index in [1.807, 2.05) is 35.0 Å². The number of thiophene rings is 1. The molecule has 1 aliphatic heterocycles. The fourth-order valence-electron chi connectivity index (χ4n) is 2.60. The topological polar surface area (TPSA) is 41.6 Å². The molecule has 2 heterocycles. The molecule has 1 fully saturated rings. The number of nitrogens with one attached hydrogen (secondary N) is 1. The normalized spacial score (nSPS) is 17.1. The van der Waals surface area contributed by atoms with E-state index in [0.29, 0.717) is 0 Å². The number of nitrogens with zero attached hydrogens (tertiary/aromatic N) is 1. The highest BCUT2D eigenvalue weighted by atomic mass is 32.1. The zero-order valence-corrected chi connectivity index (χ0v) is 13.2. The number of amides is 1. The summed E-state index contributed by atoms with van der Waals surface area (Å²) in [7, 11) is 0. The highest BCUT2D eigenvalue weighted by Crippen LogP contribution is 2.17. The first-order valence-corrected chi connectivity index (χ1v) is 8.45. The molecule has 0 saturated carbocycles. The Morgan fingerprint density at radius 2 is 2.00 bits per heavy atom. The zero-order chi connectivity index (χ0) is 15.2. The number of morpholine rings is 1. The molecule has 1 amide bonds. The number of rotatable bonds is 5. The summed E-state index contributed by atoms with van der Waals surface area (Å²) < 4.78 is 5.40. The van der Waals surface area contributed by atoms with Crippen LogP contribution in [-0.2, 0) is 4.74 Å². The van der Waals surface area contributed by atoms with E-state index in [0.717, 1.165) is 44.0 Å². The predicted molar refractivity (Wildman–Crippen MR) is 88.2 cm³/mol. The molecule has 2 aromatic rings. The lowest BCUT2D eigenvalue weighted by molar-refractivity contribution is 0.0332. The summed E-state index contributed by atoms with van der Waals surface area (Å²) in [6.07, 6.45) is 0. The molecule has 0 radical (unpaired) electrons. The molecular formula is C17H20N2O2S. The summed E-state index contributed by atoms with van der Waals surface area (Å²) in [6.45, 7) is 4.17. The van der Waals surface area contributed by atoms with Gasteiger partial charge in [-0.25, -0.2) is 0 Å². The fourth-order valence-corrected chi connectivity index (χ4v) is 3.23. The van der Waals surface area contributed by atoms with Crippen LogP contribution in [-0.4, -0.2) is 43.7 Å². The Kier molecular flexibility index (Phi) is 5.21. The molecule has 1 N–H and O–H groups in total. The van der Waals surface area contributed by atoms with E-state index in [1.165, 1.54) is 11.3 Å². The van der Waals surface area contributed by atoms with Crippen molar-refractivity contribution in [1.29, 1.82) is 0 Å². The Balaban J connectivity index is 1.72. The molecule has 1 atom stereocenters. The Morgan fingerprint density at radius 1 is 1.23 bits per heavy atom. The quantitative estimate of drug-likeness (QED) is 0.922. The summed E-state index contributed by atoms with van der Waals surface area (Å²) in [5, 5.41) is 6.97. The average Bonchev–Trinajstić information content (AvgIpc) is 3.11. The fraction of sp³-hybridized carbons (Fsp3) is 0.353. The third-order valence-corrected chi connectivity index (χ3v) is 4.52. The van der Waals surface area contributed by atoms with Crippen LogP contribution in [0.3, 0.4) is 0 Å². The monoisotopic (exact) mass is 316 g/mol. The molecule has 22 heavy (non-hydrogen) atoms. The van der Waals surface area contributed by atoms with E-state index in [2.05, 4.69) is 22.3 Å². The second-order valence-electron chi connectivity index (χ2n) is 5.36. The van der Waals surface area contributed by atoms with Crippen molar-refractivity contribution in [2.45, 2.75) is 6.04 Å². The third kappa shape index (κ3) is 3.94. The molecular weight excluding hydrogens is 296 g/mol. The van der Waals surface area contributed by atoms with Crippen LogP contribution in [0.2, 0.25) is 0 Å². The first-order chi connectivity index (χ1) is 10.8. The van der Waals surface area contributed by atoms with Crippen molar-refractivity contribution in [1.82, 2.24) is 10.2 Å². The van der Waals surface area contributed by atoms with Gasteiger partial charge < -0.3 is 10.1 Å². The van der Waals surface area contributed by atoms with Gasteiger partial charge in [0, 0.05) is 25.0 Å². The van der Waals surface area contributed by atoms with E-state index >= 15 is 0 Å². The minimum atomic E-state index is -0.0108. The number of ether oxygens (including phenoxy) is 1. The van der Waals surface area contributed by atoms with Crippen LogP contribution in [0.15, 0.2) is 47.2 Å². The minimum absolute atomic E-state index is 0.00769. The number of carbonyl (C=O) groups excluding carboxylic acids is 1. The Hall–Kier alpha value is -1.69. The average molecular weight is 316 g/mol. The predicted octanol–water partition coefficient (Wildman–Crippen LogP) is 2.55. The molecule has 4 nitrogen and oxygen atoms in total. The third-order valence-electron chi connectivity index (χ3n) is 3.84. The molecule has 0 aliphatic carbocycles. The van der Waals surface area contributed by atoms with E-state index in [1.54, 1.807) is 0 Å². The molecule has 0 unspecified atom stereocenters. The Labute approximate surface area is 134 Å². The SMILES string of the molecule is O=C(N[C@H](CN1CCOCC1)c1ccccc1)c1ccsc1. The maximum Gasteiger partial charge on any atom is 0.252 e. The van der Waals surface area contributed by atoms with Crippen LogP contribution >= 0.6 is 11.3 Å². The van der Waals surface area contributed by atoms with Gasteiger partial charge in [0.25, 0.3) is 5.91 Å². The van der Waals surface area contributed by atoms with Crippen molar-refractivity contribution in [3.05, 3.63) is 58.3 Å². The summed E-state index contributed by atoms with van der Waals surface area (Å²) in [6, 6.07) is 12.0. The van der Waals surface area contributed by atoms with Crippen molar-refractivity contribution < 1.29 is 9.53 Å². The molecule has 0 spiro atoms. The smallest absolute Gasteiger partial charge is 0.252 e. The van der Waals surface area contributed by atoms with Gasteiger partial charge >= 0.3 is 0 Å². The van der Waals surface area contributed by atoms with Gasteiger partial charge in [-0.3, -0.25) is 9.69 Å². The Morgan fingerprint density at radius 3 is 2.68 bits per heavy atom. The number of hydrogen-bond acceptors (Lipinski definition) is 4. The van der Waals surface area contributed by atoms with E-state index in [4.69, 9.17) is 4.74 Å². The summed E-state index contributed by atoms with van der Waals surface area (Å²) in [5.74, 6) is -0.0108. The molecule has 0 bridgehead atoms. The molecule has 3 rings (SSSR count). The summed E-state index contributed by atoms with van der Waals surface area (Å²) in [5.41, 5.74) is 1.87. The van der Waals surface area contributed by atoms with Crippen molar-refractivity contribution in [2.75, 3.05) is 32.8 Å². The zero-order valence-electron chi connectivity index (χ0n) is 12.4.